The molecule has 0 spiro atoms. The number of unbranched alkanes of at least 4 members (excludes halogenated alkanes) is 2. The van der Waals surface area contributed by atoms with Crippen molar-refractivity contribution in [2.75, 3.05) is 13.1 Å². The molecule has 13 heavy (non-hydrogen) atoms. The Morgan fingerprint density at radius 1 is 1.31 bits per heavy atom. The first-order valence-corrected chi connectivity index (χ1v) is 5.82. The van der Waals surface area contributed by atoms with Gasteiger partial charge >= 0.3 is 0 Å². The maximum atomic E-state index is 5.71. The normalized spacial score (nSPS) is 28.2. The number of nitrogens with one attached hydrogen (secondary N) is 1. The van der Waals surface area contributed by atoms with E-state index < -0.39 is 0 Å². The lowest BCUT2D eigenvalue weighted by atomic mass is 10.0. The third-order valence-electron chi connectivity index (χ3n) is 3.15. The summed E-state index contributed by atoms with van der Waals surface area (Å²) >= 11 is 0. The zero-order valence-electron chi connectivity index (χ0n) is 8.89. The molecule has 0 aromatic carbocycles. The van der Waals surface area contributed by atoms with E-state index in [0.29, 0.717) is 0 Å². The Morgan fingerprint density at radius 3 is 2.85 bits per heavy atom. The summed E-state index contributed by atoms with van der Waals surface area (Å²) in [5.41, 5.74) is 5.71. The van der Waals surface area contributed by atoms with Crippen LogP contribution in [-0.4, -0.2) is 19.1 Å². The van der Waals surface area contributed by atoms with Gasteiger partial charge in [0.05, 0.1) is 0 Å². The smallest absolute Gasteiger partial charge is 0.0107 e. The van der Waals surface area contributed by atoms with Crippen molar-refractivity contribution in [3.63, 3.8) is 0 Å². The van der Waals surface area contributed by atoms with E-state index in [-0.39, 0.29) is 0 Å². The highest BCUT2D eigenvalue weighted by atomic mass is 14.9. The van der Waals surface area contributed by atoms with Crippen molar-refractivity contribution in [2.45, 2.75) is 51.5 Å². The Balaban J connectivity index is 2.06. The molecular weight excluding hydrogens is 160 g/mol. The summed E-state index contributed by atoms with van der Waals surface area (Å²) in [6, 6.07) is 0.724. The van der Waals surface area contributed by atoms with Gasteiger partial charge in [0.1, 0.15) is 0 Å². The number of hydrogen-bond acceptors (Lipinski definition) is 2. The van der Waals surface area contributed by atoms with Crippen LogP contribution in [0.3, 0.4) is 0 Å². The summed E-state index contributed by atoms with van der Waals surface area (Å²) in [4.78, 5) is 0. The Kier molecular flexibility index (Phi) is 5.40. The summed E-state index contributed by atoms with van der Waals surface area (Å²) in [5.74, 6) is 0.752. The molecule has 1 rings (SSSR count). The van der Waals surface area contributed by atoms with Gasteiger partial charge in [-0.1, -0.05) is 26.2 Å². The molecule has 0 aliphatic heterocycles. The van der Waals surface area contributed by atoms with Gasteiger partial charge in [-0.2, -0.15) is 0 Å². The highest BCUT2D eigenvalue weighted by Gasteiger charge is 2.24. The van der Waals surface area contributed by atoms with Crippen LogP contribution in [0.5, 0.6) is 0 Å². The molecule has 78 valence electrons. The van der Waals surface area contributed by atoms with Gasteiger partial charge in [0, 0.05) is 6.04 Å². The van der Waals surface area contributed by atoms with Crippen molar-refractivity contribution in [1.29, 1.82) is 0 Å². The molecule has 0 heterocycles. The molecule has 1 aliphatic carbocycles. The number of hydrogen-bond donors (Lipinski definition) is 2. The Bertz CT molecular complexity index is 125. The van der Waals surface area contributed by atoms with Gasteiger partial charge in [-0.3, -0.25) is 0 Å². The van der Waals surface area contributed by atoms with E-state index in [1.165, 1.54) is 45.1 Å². The quantitative estimate of drug-likeness (QED) is 0.619. The van der Waals surface area contributed by atoms with Crippen LogP contribution in [0.1, 0.15) is 45.4 Å². The molecule has 3 N–H and O–H groups in total. The molecule has 1 fully saturated rings. The fraction of sp³-hybridized carbons (Fsp3) is 1.00. The van der Waals surface area contributed by atoms with Crippen LogP contribution in [-0.2, 0) is 0 Å². The molecule has 0 amide bonds. The van der Waals surface area contributed by atoms with Gasteiger partial charge in [-0.05, 0) is 38.3 Å². The van der Waals surface area contributed by atoms with Crippen molar-refractivity contribution in [2.24, 2.45) is 11.7 Å². The van der Waals surface area contributed by atoms with Gasteiger partial charge in [0.25, 0.3) is 0 Å². The average molecular weight is 184 g/mol. The monoisotopic (exact) mass is 184 g/mol. The summed E-state index contributed by atoms with van der Waals surface area (Å²) in [6.07, 6.45) is 8.03. The third-order valence-corrected chi connectivity index (χ3v) is 3.15. The minimum absolute atomic E-state index is 0.724. The SMILES string of the molecule is CCCCCNC1CCCC1CN. The summed E-state index contributed by atoms with van der Waals surface area (Å²) in [6.45, 7) is 4.30. The van der Waals surface area contributed by atoms with Gasteiger partial charge in [-0.25, -0.2) is 0 Å². The van der Waals surface area contributed by atoms with Crippen molar-refractivity contribution in [3.05, 3.63) is 0 Å². The summed E-state index contributed by atoms with van der Waals surface area (Å²) < 4.78 is 0. The predicted molar refractivity (Wildman–Crippen MR) is 57.7 cm³/mol. The second-order valence-electron chi connectivity index (χ2n) is 4.19. The fourth-order valence-electron chi connectivity index (χ4n) is 2.25. The van der Waals surface area contributed by atoms with Crippen molar-refractivity contribution < 1.29 is 0 Å². The second-order valence-corrected chi connectivity index (χ2v) is 4.19. The van der Waals surface area contributed by atoms with E-state index in [2.05, 4.69) is 12.2 Å². The van der Waals surface area contributed by atoms with Crippen LogP contribution in [0, 0.1) is 5.92 Å². The molecule has 0 saturated heterocycles. The van der Waals surface area contributed by atoms with E-state index in [4.69, 9.17) is 5.73 Å². The van der Waals surface area contributed by atoms with Gasteiger partial charge in [0.15, 0.2) is 0 Å². The lowest BCUT2D eigenvalue weighted by Crippen LogP contribution is -2.36. The molecule has 2 unspecified atom stereocenters. The van der Waals surface area contributed by atoms with Crippen LogP contribution < -0.4 is 11.1 Å². The third kappa shape index (κ3) is 3.65. The van der Waals surface area contributed by atoms with E-state index in [9.17, 15) is 0 Å². The largest absolute Gasteiger partial charge is 0.330 e. The lowest BCUT2D eigenvalue weighted by Gasteiger charge is -2.19. The zero-order valence-corrected chi connectivity index (χ0v) is 8.89. The molecule has 0 bridgehead atoms. The lowest BCUT2D eigenvalue weighted by molar-refractivity contribution is 0.403. The first-order valence-electron chi connectivity index (χ1n) is 5.82. The fourth-order valence-corrected chi connectivity index (χ4v) is 2.25. The van der Waals surface area contributed by atoms with Crippen LogP contribution in [0.4, 0.5) is 0 Å². The maximum absolute atomic E-state index is 5.71. The topological polar surface area (TPSA) is 38.0 Å². The average Bonchev–Trinajstić information content (AvgIpc) is 2.60. The van der Waals surface area contributed by atoms with E-state index in [1.54, 1.807) is 0 Å². The first-order chi connectivity index (χ1) is 6.38. The van der Waals surface area contributed by atoms with Crippen LogP contribution in [0.2, 0.25) is 0 Å². The standard InChI is InChI=1S/C11H24N2/c1-2-3-4-8-13-11-7-5-6-10(11)9-12/h10-11,13H,2-9,12H2,1H3. The second kappa shape index (κ2) is 6.39. The molecule has 1 saturated carbocycles. The minimum atomic E-state index is 0.724. The van der Waals surface area contributed by atoms with Crippen molar-refractivity contribution >= 4 is 0 Å². The molecule has 2 heteroatoms. The predicted octanol–water partition coefficient (Wildman–Crippen LogP) is 1.89. The maximum Gasteiger partial charge on any atom is 0.0107 e. The molecule has 2 nitrogen and oxygen atoms in total. The molecule has 0 aromatic rings. The summed E-state index contributed by atoms with van der Waals surface area (Å²) in [5, 5.41) is 3.64. The van der Waals surface area contributed by atoms with Crippen LogP contribution in [0.25, 0.3) is 0 Å². The van der Waals surface area contributed by atoms with E-state index in [0.717, 1.165) is 18.5 Å². The Labute approximate surface area is 82.3 Å². The van der Waals surface area contributed by atoms with Gasteiger partial charge < -0.3 is 11.1 Å². The Morgan fingerprint density at radius 2 is 2.15 bits per heavy atom. The molecular formula is C11H24N2. The molecule has 0 aromatic heterocycles. The van der Waals surface area contributed by atoms with Gasteiger partial charge in [-0.15, -0.1) is 0 Å². The minimum Gasteiger partial charge on any atom is -0.330 e. The highest BCUT2D eigenvalue weighted by Crippen LogP contribution is 2.24. The Hall–Kier alpha value is -0.0800. The van der Waals surface area contributed by atoms with Crippen LogP contribution in [0.15, 0.2) is 0 Å². The first kappa shape index (κ1) is 11.0. The zero-order chi connectivity index (χ0) is 9.52. The van der Waals surface area contributed by atoms with Crippen molar-refractivity contribution in [3.8, 4) is 0 Å². The number of nitrogens with two attached hydrogens (primary N) is 1. The molecule has 2 atom stereocenters. The van der Waals surface area contributed by atoms with Crippen LogP contribution >= 0.6 is 0 Å². The summed E-state index contributed by atoms with van der Waals surface area (Å²) in [7, 11) is 0. The molecule has 1 aliphatic rings. The molecule has 0 radical (unpaired) electrons. The van der Waals surface area contributed by atoms with E-state index >= 15 is 0 Å². The van der Waals surface area contributed by atoms with E-state index in [1.807, 2.05) is 0 Å². The van der Waals surface area contributed by atoms with Gasteiger partial charge in [0.2, 0.25) is 0 Å². The highest BCUT2D eigenvalue weighted by molar-refractivity contribution is 4.83. The number of rotatable bonds is 6. The van der Waals surface area contributed by atoms with Crippen molar-refractivity contribution in [1.82, 2.24) is 5.32 Å².